The summed E-state index contributed by atoms with van der Waals surface area (Å²) in [5.74, 6) is 0.338. The van der Waals surface area contributed by atoms with Crippen molar-refractivity contribution in [3.05, 3.63) is 70.3 Å². The van der Waals surface area contributed by atoms with Crippen molar-refractivity contribution >= 4 is 5.69 Å². The molecule has 2 aromatic carbocycles. The van der Waals surface area contributed by atoms with E-state index in [2.05, 4.69) is 17.4 Å². The molecule has 0 saturated carbocycles. The van der Waals surface area contributed by atoms with Crippen LogP contribution in [0.15, 0.2) is 54.6 Å². The monoisotopic (exact) mass is 287 g/mol. The van der Waals surface area contributed by atoms with Crippen molar-refractivity contribution in [1.29, 1.82) is 0 Å². The zero-order valence-corrected chi connectivity index (χ0v) is 11.8. The molecule has 0 aliphatic rings. The molecule has 0 aromatic heterocycles. The summed E-state index contributed by atoms with van der Waals surface area (Å²) >= 11 is 0. The molecule has 0 saturated heterocycles. The van der Waals surface area contributed by atoms with Crippen molar-refractivity contribution in [2.45, 2.75) is 13.0 Å². The van der Waals surface area contributed by atoms with E-state index >= 15 is 0 Å². The fourth-order valence-corrected chi connectivity index (χ4v) is 2.02. The number of ether oxygens (including phenoxy) is 1. The third kappa shape index (κ3) is 4.89. The van der Waals surface area contributed by atoms with Gasteiger partial charge in [0.2, 0.25) is 0 Å². The number of rotatable bonds is 8. The van der Waals surface area contributed by atoms with Crippen LogP contribution in [0.3, 0.4) is 0 Å². The van der Waals surface area contributed by atoms with E-state index in [1.807, 2.05) is 18.2 Å². The Morgan fingerprint density at radius 3 is 2.52 bits per heavy atom. The normalized spacial score (nSPS) is 10.3. The van der Waals surface area contributed by atoms with E-state index in [0.717, 1.165) is 19.5 Å². The lowest BCUT2D eigenvalue weighted by Crippen LogP contribution is -2.82. The molecular weight excluding hydrogens is 268 g/mol. The first-order valence-electron chi connectivity index (χ1n) is 6.99. The van der Waals surface area contributed by atoms with E-state index in [-0.39, 0.29) is 5.69 Å². The molecule has 5 nitrogen and oxygen atoms in total. The van der Waals surface area contributed by atoms with Crippen LogP contribution in [0.1, 0.15) is 12.0 Å². The zero-order chi connectivity index (χ0) is 14.9. The molecule has 2 N–H and O–H groups in total. The van der Waals surface area contributed by atoms with Crippen LogP contribution in [0.2, 0.25) is 0 Å². The lowest BCUT2D eigenvalue weighted by molar-refractivity contribution is -0.671. The summed E-state index contributed by atoms with van der Waals surface area (Å²) in [6.45, 7) is 2.35. The number of benzene rings is 2. The summed E-state index contributed by atoms with van der Waals surface area (Å²) in [6.07, 6.45) is 0.846. The summed E-state index contributed by atoms with van der Waals surface area (Å²) < 4.78 is 5.49. The quantitative estimate of drug-likeness (QED) is 0.459. The Labute approximate surface area is 123 Å². The zero-order valence-electron chi connectivity index (χ0n) is 11.8. The summed E-state index contributed by atoms with van der Waals surface area (Å²) in [5, 5.41) is 13.0. The van der Waals surface area contributed by atoms with Crippen molar-refractivity contribution in [2.75, 3.05) is 13.2 Å². The molecule has 0 atom stereocenters. The van der Waals surface area contributed by atoms with Gasteiger partial charge in [-0.2, -0.15) is 0 Å². The molecule has 5 heteroatoms. The fourth-order valence-electron chi connectivity index (χ4n) is 2.02. The molecule has 110 valence electrons. The van der Waals surface area contributed by atoms with Gasteiger partial charge in [-0.05, 0) is 6.07 Å². The highest BCUT2D eigenvalue weighted by Gasteiger charge is 2.13. The number of hydrogen-bond donors (Lipinski definition) is 1. The van der Waals surface area contributed by atoms with Gasteiger partial charge in [0.15, 0.2) is 5.75 Å². The third-order valence-electron chi connectivity index (χ3n) is 3.09. The van der Waals surface area contributed by atoms with Gasteiger partial charge in [-0.25, -0.2) is 0 Å². The SMILES string of the molecule is O=[N+]([O-])c1ccccc1OCCC[NH2+]Cc1ccccc1. The number of quaternary nitrogens is 1. The molecule has 0 unspecified atom stereocenters. The first kappa shape index (κ1) is 15.0. The number of nitro benzene ring substituents is 1. The minimum Gasteiger partial charge on any atom is -0.487 e. The fraction of sp³-hybridized carbons (Fsp3) is 0.250. The molecule has 2 rings (SSSR count). The standard InChI is InChI=1S/C16H18N2O3/c19-18(20)15-9-4-5-10-16(15)21-12-6-11-17-13-14-7-2-1-3-8-14/h1-5,7-10,17H,6,11-13H2/p+1. The van der Waals surface area contributed by atoms with Crippen molar-refractivity contribution in [3.8, 4) is 5.75 Å². The molecule has 0 spiro atoms. The van der Waals surface area contributed by atoms with Crippen LogP contribution < -0.4 is 10.1 Å². The van der Waals surface area contributed by atoms with Crippen molar-refractivity contribution < 1.29 is 15.0 Å². The van der Waals surface area contributed by atoms with Gasteiger partial charge < -0.3 is 10.1 Å². The summed E-state index contributed by atoms with van der Waals surface area (Å²) in [6, 6.07) is 16.7. The van der Waals surface area contributed by atoms with Gasteiger partial charge >= 0.3 is 5.69 Å². The highest BCUT2D eigenvalue weighted by Crippen LogP contribution is 2.25. The average molecular weight is 287 g/mol. The minimum absolute atomic E-state index is 0.0192. The van der Waals surface area contributed by atoms with Crippen molar-refractivity contribution in [3.63, 3.8) is 0 Å². The summed E-state index contributed by atoms with van der Waals surface area (Å²) in [7, 11) is 0. The lowest BCUT2D eigenvalue weighted by Gasteiger charge is -2.06. The molecule has 0 heterocycles. The van der Waals surface area contributed by atoms with Crippen LogP contribution in [0.25, 0.3) is 0 Å². The predicted octanol–water partition coefficient (Wildman–Crippen LogP) is 2.13. The van der Waals surface area contributed by atoms with E-state index < -0.39 is 4.92 Å². The van der Waals surface area contributed by atoms with E-state index in [4.69, 9.17) is 4.74 Å². The Hall–Kier alpha value is -2.40. The van der Waals surface area contributed by atoms with Gasteiger partial charge in [0.05, 0.1) is 18.1 Å². The Balaban J connectivity index is 1.67. The smallest absolute Gasteiger partial charge is 0.310 e. The van der Waals surface area contributed by atoms with E-state index in [1.54, 1.807) is 18.2 Å². The maximum absolute atomic E-state index is 10.8. The van der Waals surface area contributed by atoms with Crippen LogP contribution >= 0.6 is 0 Å². The number of nitrogens with two attached hydrogens (primary N) is 1. The Kier molecular flexibility index (Phi) is 5.72. The molecular formula is C16H19N2O3+. The molecule has 21 heavy (non-hydrogen) atoms. The molecule has 0 radical (unpaired) electrons. The summed E-state index contributed by atoms with van der Waals surface area (Å²) in [4.78, 5) is 10.4. The van der Waals surface area contributed by atoms with E-state index in [1.165, 1.54) is 11.6 Å². The largest absolute Gasteiger partial charge is 0.487 e. The topological polar surface area (TPSA) is 69.0 Å². The second-order valence-corrected chi connectivity index (χ2v) is 4.69. The lowest BCUT2D eigenvalue weighted by atomic mass is 10.2. The molecule has 0 fully saturated rings. The molecule has 0 aliphatic heterocycles. The van der Waals surface area contributed by atoms with Gasteiger partial charge in [-0.3, -0.25) is 10.1 Å². The summed E-state index contributed by atoms with van der Waals surface area (Å²) in [5.41, 5.74) is 1.31. The molecule has 2 aromatic rings. The van der Waals surface area contributed by atoms with Crippen LogP contribution in [0.5, 0.6) is 5.75 Å². The predicted molar refractivity (Wildman–Crippen MR) is 80.1 cm³/mol. The van der Waals surface area contributed by atoms with Crippen LogP contribution in [-0.2, 0) is 6.54 Å². The van der Waals surface area contributed by atoms with Crippen LogP contribution in [0.4, 0.5) is 5.69 Å². The highest BCUT2D eigenvalue weighted by molar-refractivity contribution is 5.45. The molecule has 0 amide bonds. The number of nitrogens with zero attached hydrogens (tertiary/aromatic N) is 1. The number of para-hydroxylation sites is 2. The van der Waals surface area contributed by atoms with Crippen molar-refractivity contribution in [1.82, 2.24) is 0 Å². The van der Waals surface area contributed by atoms with E-state index in [9.17, 15) is 10.1 Å². The van der Waals surface area contributed by atoms with Crippen LogP contribution in [-0.4, -0.2) is 18.1 Å². The second-order valence-electron chi connectivity index (χ2n) is 4.69. The van der Waals surface area contributed by atoms with Gasteiger partial charge in [-0.15, -0.1) is 0 Å². The number of hydrogen-bond acceptors (Lipinski definition) is 3. The van der Waals surface area contributed by atoms with Gasteiger partial charge in [0, 0.05) is 18.1 Å². The Morgan fingerprint density at radius 1 is 1.05 bits per heavy atom. The Bertz CT molecular complexity index is 573. The third-order valence-corrected chi connectivity index (χ3v) is 3.09. The van der Waals surface area contributed by atoms with Crippen LogP contribution in [0, 0.1) is 10.1 Å². The molecule has 0 aliphatic carbocycles. The maximum Gasteiger partial charge on any atom is 0.310 e. The van der Waals surface area contributed by atoms with Gasteiger partial charge in [0.25, 0.3) is 0 Å². The second kappa shape index (κ2) is 8.01. The highest BCUT2D eigenvalue weighted by atomic mass is 16.6. The van der Waals surface area contributed by atoms with E-state index in [0.29, 0.717) is 12.4 Å². The average Bonchev–Trinajstić information content (AvgIpc) is 2.52. The Morgan fingerprint density at radius 2 is 1.76 bits per heavy atom. The maximum atomic E-state index is 10.8. The first-order chi connectivity index (χ1) is 10.3. The van der Waals surface area contributed by atoms with Gasteiger partial charge in [-0.1, -0.05) is 42.5 Å². The minimum atomic E-state index is -0.420. The van der Waals surface area contributed by atoms with Crippen molar-refractivity contribution in [2.24, 2.45) is 0 Å². The van der Waals surface area contributed by atoms with Gasteiger partial charge in [0.1, 0.15) is 6.54 Å². The number of nitro groups is 1. The first-order valence-corrected chi connectivity index (χ1v) is 6.99. The molecule has 0 bridgehead atoms.